The van der Waals surface area contributed by atoms with Crippen LogP contribution in [0.15, 0.2) is 24.4 Å². The molecule has 0 aliphatic rings. The van der Waals surface area contributed by atoms with Crippen LogP contribution in [-0.2, 0) is 7.05 Å². The molecular formula is C17H15N5O3. The Morgan fingerprint density at radius 1 is 1.28 bits per heavy atom. The Morgan fingerprint density at radius 2 is 2.08 bits per heavy atom. The molecule has 0 saturated heterocycles. The van der Waals surface area contributed by atoms with Crippen molar-refractivity contribution in [2.45, 2.75) is 6.92 Å². The summed E-state index contributed by atoms with van der Waals surface area (Å²) in [7, 11) is 3.34. The SMILES string of the molecule is COc1cc(C(=O)O)cc2c1[nH]c1nc(-c3cc(C)nn3C)ncc12. The maximum atomic E-state index is 11.3. The van der Waals surface area contributed by atoms with Gasteiger partial charge in [-0.15, -0.1) is 0 Å². The van der Waals surface area contributed by atoms with Gasteiger partial charge in [-0.25, -0.2) is 14.8 Å². The maximum absolute atomic E-state index is 11.3. The lowest BCUT2D eigenvalue weighted by Gasteiger charge is -2.03. The van der Waals surface area contributed by atoms with Crippen molar-refractivity contribution in [3.05, 3.63) is 35.7 Å². The molecule has 0 fully saturated rings. The number of hydrogen-bond acceptors (Lipinski definition) is 5. The molecular weight excluding hydrogens is 322 g/mol. The number of carboxylic acids is 1. The highest BCUT2D eigenvalue weighted by Crippen LogP contribution is 2.33. The average Bonchev–Trinajstić information content (AvgIpc) is 3.12. The zero-order chi connectivity index (χ0) is 17.7. The predicted molar refractivity (Wildman–Crippen MR) is 91.8 cm³/mol. The highest BCUT2D eigenvalue weighted by atomic mass is 16.5. The number of aromatic nitrogens is 5. The van der Waals surface area contributed by atoms with Crippen LogP contribution in [0.2, 0.25) is 0 Å². The molecule has 2 N–H and O–H groups in total. The Balaban J connectivity index is 1.99. The lowest BCUT2D eigenvalue weighted by atomic mass is 10.1. The number of aryl methyl sites for hydroxylation is 2. The van der Waals surface area contributed by atoms with E-state index >= 15 is 0 Å². The van der Waals surface area contributed by atoms with Crippen molar-refractivity contribution in [1.29, 1.82) is 0 Å². The molecule has 8 nitrogen and oxygen atoms in total. The molecule has 126 valence electrons. The van der Waals surface area contributed by atoms with Crippen LogP contribution in [-0.4, -0.2) is 42.9 Å². The fourth-order valence-electron chi connectivity index (χ4n) is 2.98. The number of H-pyrrole nitrogens is 1. The van der Waals surface area contributed by atoms with Crippen LogP contribution < -0.4 is 4.74 Å². The van der Waals surface area contributed by atoms with Gasteiger partial charge in [0.1, 0.15) is 17.1 Å². The van der Waals surface area contributed by atoms with E-state index in [9.17, 15) is 9.90 Å². The standard InChI is InChI=1S/C17H15N5O3/c1-8-4-12(22(2)21-8)16-18-7-11-10-5-9(17(23)24)6-13(25-3)14(10)19-15(11)20-16/h4-7H,1-3H3,(H,23,24)(H,18,19,20). The third kappa shape index (κ3) is 2.30. The summed E-state index contributed by atoms with van der Waals surface area (Å²) in [6, 6.07) is 4.99. The highest BCUT2D eigenvalue weighted by Gasteiger charge is 2.16. The molecule has 0 radical (unpaired) electrons. The Morgan fingerprint density at radius 3 is 2.72 bits per heavy atom. The average molecular weight is 337 g/mol. The van der Waals surface area contributed by atoms with Crippen LogP contribution in [0.4, 0.5) is 0 Å². The topological polar surface area (TPSA) is 106 Å². The van der Waals surface area contributed by atoms with Gasteiger partial charge in [0.2, 0.25) is 0 Å². The zero-order valence-corrected chi connectivity index (χ0v) is 13.9. The monoisotopic (exact) mass is 337 g/mol. The number of hydrogen-bond donors (Lipinski definition) is 2. The smallest absolute Gasteiger partial charge is 0.335 e. The molecule has 0 spiro atoms. The first-order valence-electron chi connectivity index (χ1n) is 7.58. The zero-order valence-electron chi connectivity index (χ0n) is 13.9. The second-order valence-corrected chi connectivity index (χ2v) is 5.78. The number of aromatic carboxylic acids is 1. The van der Waals surface area contributed by atoms with Crippen molar-refractivity contribution in [2.24, 2.45) is 7.05 Å². The summed E-state index contributed by atoms with van der Waals surface area (Å²) in [6.07, 6.45) is 1.68. The summed E-state index contributed by atoms with van der Waals surface area (Å²) in [5.41, 5.74) is 3.13. The van der Waals surface area contributed by atoms with Crippen LogP contribution in [0, 0.1) is 6.92 Å². The summed E-state index contributed by atoms with van der Waals surface area (Å²) in [4.78, 5) is 23.5. The van der Waals surface area contributed by atoms with Crippen molar-refractivity contribution in [1.82, 2.24) is 24.7 Å². The first kappa shape index (κ1) is 15.1. The second kappa shape index (κ2) is 5.30. The minimum atomic E-state index is -1.02. The van der Waals surface area contributed by atoms with E-state index in [0.717, 1.165) is 16.8 Å². The number of nitrogens with one attached hydrogen (secondary N) is 1. The first-order chi connectivity index (χ1) is 12.0. The summed E-state index contributed by atoms with van der Waals surface area (Å²) in [6.45, 7) is 1.91. The quantitative estimate of drug-likeness (QED) is 0.595. The number of fused-ring (bicyclic) bond motifs is 3. The number of carboxylic acid groups (broad SMARTS) is 1. The molecule has 0 aliphatic carbocycles. The number of nitrogens with zero attached hydrogens (tertiary/aromatic N) is 4. The summed E-state index contributed by atoms with van der Waals surface area (Å²) < 4.78 is 7.05. The molecule has 0 saturated carbocycles. The van der Waals surface area contributed by atoms with Crippen molar-refractivity contribution in [2.75, 3.05) is 7.11 Å². The van der Waals surface area contributed by atoms with E-state index in [-0.39, 0.29) is 5.56 Å². The van der Waals surface area contributed by atoms with E-state index in [1.54, 1.807) is 16.9 Å². The number of rotatable bonds is 3. The fourth-order valence-corrected chi connectivity index (χ4v) is 2.98. The number of aromatic amines is 1. The molecule has 0 bridgehead atoms. The number of methoxy groups -OCH3 is 1. The molecule has 0 unspecified atom stereocenters. The van der Waals surface area contributed by atoms with Crippen LogP contribution in [0.5, 0.6) is 5.75 Å². The van der Waals surface area contributed by atoms with Gasteiger partial charge in [0.15, 0.2) is 5.82 Å². The van der Waals surface area contributed by atoms with E-state index in [1.807, 2.05) is 20.0 Å². The van der Waals surface area contributed by atoms with Crippen LogP contribution in [0.3, 0.4) is 0 Å². The van der Waals surface area contributed by atoms with Gasteiger partial charge in [-0.1, -0.05) is 0 Å². The Labute approximate surface area is 142 Å². The second-order valence-electron chi connectivity index (χ2n) is 5.78. The van der Waals surface area contributed by atoms with Crippen molar-refractivity contribution in [3.8, 4) is 17.3 Å². The summed E-state index contributed by atoms with van der Waals surface area (Å²) in [5, 5.41) is 15.0. The van der Waals surface area contributed by atoms with Gasteiger partial charge in [0.25, 0.3) is 0 Å². The van der Waals surface area contributed by atoms with Gasteiger partial charge in [-0.3, -0.25) is 4.68 Å². The molecule has 4 aromatic rings. The minimum absolute atomic E-state index is 0.150. The third-order valence-corrected chi connectivity index (χ3v) is 4.12. The molecule has 25 heavy (non-hydrogen) atoms. The Hall–Kier alpha value is -3.42. The third-order valence-electron chi connectivity index (χ3n) is 4.12. The molecule has 1 aromatic carbocycles. The van der Waals surface area contributed by atoms with Crippen LogP contribution >= 0.6 is 0 Å². The van der Waals surface area contributed by atoms with E-state index in [1.165, 1.54) is 13.2 Å². The fraction of sp³-hybridized carbons (Fsp3) is 0.176. The van der Waals surface area contributed by atoms with Crippen molar-refractivity contribution >= 4 is 27.9 Å². The molecule has 8 heteroatoms. The molecule has 0 amide bonds. The molecule has 0 aliphatic heterocycles. The van der Waals surface area contributed by atoms with Crippen molar-refractivity contribution < 1.29 is 14.6 Å². The Bertz CT molecular complexity index is 1140. The first-order valence-corrected chi connectivity index (χ1v) is 7.58. The summed E-state index contributed by atoms with van der Waals surface area (Å²) in [5.74, 6) is -0.0251. The largest absolute Gasteiger partial charge is 0.495 e. The van der Waals surface area contributed by atoms with Crippen molar-refractivity contribution in [3.63, 3.8) is 0 Å². The summed E-state index contributed by atoms with van der Waals surface area (Å²) >= 11 is 0. The van der Waals surface area contributed by atoms with E-state index in [4.69, 9.17) is 4.74 Å². The number of ether oxygens (including phenoxy) is 1. The van der Waals surface area contributed by atoms with Gasteiger partial charge in [0, 0.05) is 24.0 Å². The van der Waals surface area contributed by atoms with E-state index in [2.05, 4.69) is 20.1 Å². The maximum Gasteiger partial charge on any atom is 0.335 e. The number of benzene rings is 1. The van der Waals surface area contributed by atoms with Gasteiger partial charge >= 0.3 is 5.97 Å². The highest BCUT2D eigenvalue weighted by molar-refractivity contribution is 6.10. The molecule has 3 aromatic heterocycles. The van der Waals surface area contributed by atoms with Crippen LogP contribution in [0.1, 0.15) is 16.1 Å². The van der Waals surface area contributed by atoms with Gasteiger partial charge < -0.3 is 14.8 Å². The molecule has 0 atom stereocenters. The van der Waals surface area contributed by atoms with E-state index < -0.39 is 5.97 Å². The number of carbonyl (C=O) groups is 1. The Kier molecular flexibility index (Phi) is 3.21. The minimum Gasteiger partial charge on any atom is -0.495 e. The molecule has 3 heterocycles. The predicted octanol–water partition coefficient (Wildman–Crippen LogP) is 2.53. The van der Waals surface area contributed by atoms with Crippen LogP contribution in [0.25, 0.3) is 33.5 Å². The molecule has 4 rings (SSSR count). The normalized spacial score (nSPS) is 11.3. The van der Waals surface area contributed by atoms with Gasteiger partial charge in [0.05, 0.1) is 23.9 Å². The lowest BCUT2D eigenvalue weighted by Crippen LogP contribution is -1.97. The van der Waals surface area contributed by atoms with E-state index in [0.29, 0.717) is 28.1 Å². The lowest BCUT2D eigenvalue weighted by molar-refractivity contribution is 0.0696. The van der Waals surface area contributed by atoms with Gasteiger partial charge in [-0.2, -0.15) is 5.10 Å². The van der Waals surface area contributed by atoms with Gasteiger partial charge in [-0.05, 0) is 25.1 Å².